The van der Waals surface area contributed by atoms with E-state index in [1.165, 1.54) is 0 Å². The number of carboxylic acids is 1. The minimum absolute atomic E-state index is 0.141. The van der Waals surface area contributed by atoms with Gasteiger partial charge in [0.25, 0.3) is 0 Å². The minimum atomic E-state index is -1.06. The van der Waals surface area contributed by atoms with Gasteiger partial charge in [-0.15, -0.1) is 0 Å². The predicted molar refractivity (Wildman–Crippen MR) is 89.0 cm³/mol. The highest BCUT2D eigenvalue weighted by atomic mass is 16.4. The summed E-state index contributed by atoms with van der Waals surface area (Å²) in [5, 5.41) is 12.8. The lowest BCUT2D eigenvalue weighted by Crippen LogP contribution is -2.49. The Labute approximate surface area is 136 Å². The van der Waals surface area contributed by atoms with Gasteiger partial charge in [-0.1, -0.05) is 32.0 Å². The van der Waals surface area contributed by atoms with Crippen LogP contribution in [0, 0.1) is 5.92 Å². The van der Waals surface area contributed by atoms with Crippen LogP contribution in [0.15, 0.2) is 30.5 Å². The topological polar surface area (TPSA) is 108 Å². The SMILES string of the molecule is [2H]N[C@@H](Cc1c[nH]c2ccccc12)C(=O)N[C@@H](CC(C)C)C(=O)O. The highest BCUT2D eigenvalue weighted by Gasteiger charge is 2.24. The molecule has 0 aliphatic heterocycles. The van der Waals surface area contributed by atoms with Crippen molar-refractivity contribution < 1.29 is 16.1 Å². The van der Waals surface area contributed by atoms with Crippen molar-refractivity contribution in [3.8, 4) is 0 Å². The molecule has 1 amide bonds. The van der Waals surface area contributed by atoms with Gasteiger partial charge in [0, 0.05) is 17.1 Å². The van der Waals surface area contributed by atoms with E-state index in [9.17, 15) is 14.7 Å². The minimum Gasteiger partial charge on any atom is -0.480 e. The standard InChI is InChI=1S/C17H23N3O3/c1-10(2)7-15(17(22)23)20-16(21)13(18)8-11-9-19-14-6-4-3-5-12(11)14/h3-6,9-10,13,15,19H,7-8,18H2,1-2H3,(H,20,21)(H,22,23)/t13-,15-/m0/s1/i/hD. The summed E-state index contributed by atoms with van der Waals surface area (Å²) in [6, 6.07) is 5.93. The highest BCUT2D eigenvalue weighted by Crippen LogP contribution is 2.18. The third kappa shape index (κ3) is 4.32. The molecule has 0 spiro atoms. The molecule has 124 valence electrons. The molecule has 0 unspecified atom stereocenters. The van der Waals surface area contributed by atoms with Gasteiger partial charge in [-0.2, -0.15) is 0 Å². The number of rotatable bonds is 8. The maximum Gasteiger partial charge on any atom is 0.326 e. The number of nitrogens with one attached hydrogen (secondary N) is 2. The number of nitrogens with two attached hydrogens (primary N) is 1. The second kappa shape index (κ2) is 7.28. The lowest BCUT2D eigenvalue weighted by molar-refractivity contribution is -0.142. The fourth-order valence-electron chi connectivity index (χ4n) is 2.58. The van der Waals surface area contributed by atoms with Crippen LogP contribution in [-0.4, -0.2) is 34.1 Å². The van der Waals surface area contributed by atoms with Crippen LogP contribution in [0.5, 0.6) is 0 Å². The van der Waals surface area contributed by atoms with Gasteiger partial charge in [0.15, 0.2) is 0 Å². The molecule has 0 aliphatic carbocycles. The van der Waals surface area contributed by atoms with E-state index in [-0.39, 0.29) is 5.92 Å². The molecule has 0 radical (unpaired) electrons. The monoisotopic (exact) mass is 318 g/mol. The van der Waals surface area contributed by atoms with E-state index < -0.39 is 24.0 Å². The quantitative estimate of drug-likeness (QED) is 0.593. The van der Waals surface area contributed by atoms with Gasteiger partial charge in [-0.3, -0.25) is 4.79 Å². The number of amides is 1. The van der Waals surface area contributed by atoms with Crippen LogP contribution in [0.1, 0.15) is 25.8 Å². The molecule has 6 heteroatoms. The number of hydrogen-bond donors (Lipinski definition) is 4. The van der Waals surface area contributed by atoms with Gasteiger partial charge in [-0.05, 0) is 30.4 Å². The summed E-state index contributed by atoms with van der Waals surface area (Å²) in [5.41, 5.74) is 4.10. The Morgan fingerprint density at radius 1 is 1.39 bits per heavy atom. The number of benzene rings is 1. The molecule has 1 heterocycles. The van der Waals surface area contributed by atoms with Crippen LogP contribution in [0.25, 0.3) is 10.9 Å². The Morgan fingerprint density at radius 2 is 2.13 bits per heavy atom. The first-order valence-electron chi connectivity index (χ1n) is 8.17. The summed E-state index contributed by atoms with van der Waals surface area (Å²) in [4.78, 5) is 26.8. The van der Waals surface area contributed by atoms with E-state index in [1.54, 1.807) is 0 Å². The van der Waals surface area contributed by atoms with Crippen LogP contribution in [0.2, 0.25) is 1.41 Å². The van der Waals surface area contributed by atoms with Crippen LogP contribution >= 0.6 is 0 Å². The molecule has 2 aromatic rings. The fourth-order valence-corrected chi connectivity index (χ4v) is 2.58. The Morgan fingerprint density at radius 3 is 2.78 bits per heavy atom. The molecule has 1 aromatic heterocycles. The maximum absolute atomic E-state index is 12.4. The van der Waals surface area contributed by atoms with E-state index in [2.05, 4.69) is 16.0 Å². The molecule has 2 atom stereocenters. The first kappa shape index (κ1) is 15.6. The van der Waals surface area contributed by atoms with Gasteiger partial charge in [0.1, 0.15) is 7.45 Å². The normalized spacial score (nSPS) is 14.5. The van der Waals surface area contributed by atoms with Crippen molar-refractivity contribution in [3.63, 3.8) is 0 Å². The molecule has 0 fully saturated rings. The third-order valence-corrected chi connectivity index (χ3v) is 3.74. The number of aromatic amines is 1. The lowest BCUT2D eigenvalue weighted by Gasteiger charge is -2.19. The smallest absolute Gasteiger partial charge is 0.326 e. The average molecular weight is 318 g/mol. The van der Waals surface area contributed by atoms with Gasteiger partial charge < -0.3 is 21.1 Å². The predicted octanol–water partition coefficient (Wildman–Crippen LogP) is 1.65. The van der Waals surface area contributed by atoms with E-state index >= 15 is 0 Å². The first-order chi connectivity index (χ1) is 11.4. The average Bonchev–Trinajstić information content (AvgIpc) is 2.94. The molecule has 5 N–H and O–H groups in total. The number of carbonyl (C=O) groups is 2. The molecule has 0 saturated carbocycles. The molecular weight excluding hydrogens is 294 g/mol. The first-order valence-corrected chi connectivity index (χ1v) is 7.67. The highest BCUT2D eigenvalue weighted by molar-refractivity contribution is 5.88. The zero-order valence-electron chi connectivity index (χ0n) is 14.3. The number of hydrogen-bond acceptors (Lipinski definition) is 3. The van der Waals surface area contributed by atoms with Crippen molar-refractivity contribution in [2.24, 2.45) is 11.6 Å². The number of aliphatic carboxylic acids is 1. The molecule has 0 saturated heterocycles. The van der Waals surface area contributed by atoms with Crippen molar-refractivity contribution in [3.05, 3.63) is 36.0 Å². The van der Waals surface area contributed by atoms with Crippen molar-refractivity contribution in [2.75, 3.05) is 0 Å². The number of aromatic nitrogens is 1. The molecular formula is C17H23N3O3. The number of fused-ring (bicyclic) bond motifs is 1. The van der Waals surface area contributed by atoms with E-state index in [0.717, 1.165) is 16.5 Å². The zero-order valence-corrected chi connectivity index (χ0v) is 13.3. The number of H-pyrrole nitrogens is 1. The molecule has 1 aromatic carbocycles. The summed E-state index contributed by atoms with van der Waals surface area (Å²) in [5.74, 6) is -1.40. The van der Waals surface area contributed by atoms with Crippen LogP contribution in [-0.2, 0) is 16.0 Å². The molecule has 6 nitrogen and oxygen atoms in total. The van der Waals surface area contributed by atoms with Crippen molar-refractivity contribution >= 4 is 22.8 Å². The third-order valence-electron chi connectivity index (χ3n) is 3.74. The lowest BCUT2D eigenvalue weighted by atomic mass is 10.0. The number of carbonyl (C=O) groups excluding carboxylic acids is 1. The van der Waals surface area contributed by atoms with Crippen molar-refractivity contribution in [2.45, 2.75) is 38.8 Å². The Balaban J connectivity index is 2.09. The summed E-state index contributed by atoms with van der Waals surface area (Å²) < 4.78 is 7.43. The largest absolute Gasteiger partial charge is 0.480 e. The van der Waals surface area contributed by atoms with E-state index in [0.29, 0.717) is 12.8 Å². The second-order valence-electron chi connectivity index (χ2n) is 6.15. The van der Waals surface area contributed by atoms with Gasteiger partial charge in [-0.25, -0.2) is 4.79 Å². The summed E-state index contributed by atoms with van der Waals surface area (Å²) >= 11 is 0. The van der Waals surface area contributed by atoms with Crippen LogP contribution in [0.3, 0.4) is 0 Å². The van der Waals surface area contributed by atoms with Crippen molar-refractivity contribution in [1.82, 2.24) is 10.3 Å². The Hall–Kier alpha value is -2.34. The maximum atomic E-state index is 12.4. The Kier molecular flexibility index (Phi) is 4.92. The summed E-state index contributed by atoms with van der Waals surface area (Å²) in [7, 11) is 0. The molecule has 23 heavy (non-hydrogen) atoms. The number of para-hydroxylation sites is 1. The summed E-state index contributed by atoms with van der Waals surface area (Å²) in [6.45, 7) is 3.79. The number of carboxylic acid groups (broad SMARTS) is 1. The van der Waals surface area contributed by atoms with Gasteiger partial charge in [0.2, 0.25) is 5.91 Å². The zero-order chi connectivity index (χ0) is 17.7. The second-order valence-corrected chi connectivity index (χ2v) is 6.15. The summed E-state index contributed by atoms with van der Waals surface area (Å²) in [6.07, 6.45) is 2.46. The van der Waals surface area contributed by atoms with Gasteiger partial charge in [0.05, 0.1) is 6.04 Å². The fraction of sp³-hybridized carbons (Fsp3) is 0.412. The van der Waals surface area contributed by atoms with Gasteiger partial charge >= 0.3 is 5.97 Å². The van der Waals surface area contributed by atoms with E-state index in [1.807, 2.05) is 44.3 Å². The van der Waals surface area contributed by atoms with Crippen molar-refractivity contribution in [1.29, 1.82) is 0 Å². The van der Waals surface area contributed by atoms with E-state index in [4.69, 9.17) is 1.41 Å². The molecule has 0 bridgehead atoms. The Bertz CT molecular complexity index is 714. The van der Waals surface area contributed by atoms with Crippen LogP contribution < -0.4 is 11.0 Å². The molecule has 0 aliphatic rings. The van der Waals surface area contributed by atoms with Crippen LogP contribution in [0.4, 0.5) is 0 Å². The molecule has 2 rings (SSSR count).